The van der Waals surface area contributed by atoms with Crippen LogP contribution in [0.4, 0.5) is 0 Å². The summed E-state index contributed by atoms with van der Waals surface area (Å²) in [4.78, 5) is 17.4. The predicted octanol–water partition coefficient (Wildman–Crippen LogP) is 1.39. The maximum absolute atomic E-state index is 10.9. The number of pyridine rings is 2. The van der Waals surface area contributed by atoms with Crippen molar-refractivity contribution >= 4 is 27.0 Å². The molecule has 0 saturated heterocycles. The first kappa shape index (κ1) is 8.25. The average molecular weight is 241 g/mol. The second-order valence-corrected chi connectivity index (χ2v) is 3.48. The summed E-state index contributed by atoms with van der Waals surface area (Å²) in [5, 5.41) is 9.92. The molecule has 0 atom stereocenters. The number of aromatic nitrogens is 2. The zero-order valence-corrected chi connectivity index (χ0v) is 8.00. The SMILES string of the molecule is O=c1cc(O)c2cc(Br)cnc2[nH]1. The average Bonchev–Trinajstić information content (AvgIpc) is 2.06. The van der Waals surface area contributed by atoms with Gasteiger partial charge >= 0.3 is 0 Å². The molecule has 0 aliphatic rings. The molecule has 4 nitrogen and oxygen atoms in total. The number of aromatic amines is 1. The van der Waals surface area contributed by atoms with Gasteiger partial charge in [0.05, 0.1) is 5.39 Å². The number of nitrogens with one attached hydrogen (secondary N) is 1. The molecular formula is C8H5BrN2O2. The fraction of sp³-hybridized carbons (Fsp3) is 0. The number of hydrogen-bond acceptors (Lipinski definition) is 3. The first-order valence-electron chi connectivity index (χ1n) is 3.54. The smallest absolute Gasteiger partial charge is 0.253 e. The lowest BCUT2D eigenvalue weighted by atomic mass is 10.3. The third kappa shape index (κ3) is 1.42. The van der Waals surface area contributed by atoms with E-state index in [2.05, 4.69) is 25.9 Å². The fourth-order valence-corrected chi connectivity index (χ4v) is 1.42. The van der Waals surface area contributed by atoms with Crippen molar-refractivity contribution in [3.63, 3.8) is 0 Å². The van der Waals surface area contributed by atoms with Crippen LogP contribution in [0.2, 0.25) is 0 Å². The van der Waals surface area contributed by atoms with E-state index in [4.69, 9.17) is 0 Å². The summed E-state index contributed by atoms with van der Waals surface area (Å²) in [6, 6.07) is 2.81. The molecular weight excluding hydrogens is 236 g/mol. The number of rotatable bonds is 0. The molecule has 2 heterocycles. The van der Waals surface area contributed by atoms with Crippen LogP contribution in [0.25, 0.3) is 11.0 Å². The van der Waals surface area contributed by atoms with Crippen molar-refractivity contribution < 1.29 is 5.11 Å². The number of nitrogens with zero attached hydrogens (tertiary/aromatic N) is 1. The molecule has 0 unspecified atom stereocenters. The van der Waals surface area contributed by atoms with E-state index < -0.39 is 0 Å². The topological polar surface area (TPSA) is 66.0 Å². The lowest BCUT2D eigenvalue weighted by Gasteiger charge is -1.98. The number of fused-ring (bicyclic) bond motifs is 1. The number of H-pyrrole nitrogens is 1. The largest absolute Gasteiger partial charge is 0.507 e. The van der Waals surface area contributed by atoms with Crippen LogP contribution in [0.15, 0.2) is 27.6 Å². The molecule has 0 aliphatic heterocycles. The van der Waals surface area contributed by atoms with Gasteiger partial charge in [-0.05, 0) is 22.0 Å². The van der Waals surface area contributed by atoms with Crippen molar-refractivity contribution in [3.8, 4) is 5.75 Å². The van der Waals surface area contributed by atoms with Crippen LogP contribution in [0.5, 0.6) is 5.75 Å². The third-order valence-corrected chi connectivity index (χ3v) is 2.07. The molecule has 0 aliphatic carbocycles. The summed E-state index contributed by atoms with van der Waals surface area (Å²) >= 11 is 3.22. The Kier molecular flexibility index (Phi) is 1.81. The Hall–Kier alpha value is -1.36. The Morgan fingerprint density at radius 2 is 2.23 bits per heavy atom. The summed E-state index contributed by atoms with van der Waals surface area (Å²) in [6.07, 6.45) is 1.55. The summed E-state index contributed by atoms with van der Waals surface area (Å²) in [5.74, 6) is -0.0625. The van der Waals surface area contributed by atoms with Gasteiger partial charge in [0.25, 0.3) is 5.56 Å². The maximum atomic E-state index is 10.9. The molecule has 2 N–H and O–H groups in total. The highest BCUT2D eigenvalue weighted by atomic mass is 79.9. The highest BCUT2D eigenvalue weighted by Crippen LogP contribution is 2.22. The van der Waals surface area contributed by atoms with Gasteiger partial charge in [-0.3, -0.25) is 4.79 Å². The van der Waals surface area contributed by atoms with Crippen LogP contribution >= 0.6 is 15.9 Å². The lowest BCUT2D eigenvalue weighted by Crippen LogP contribution is -2.03. The van der Waals surface area contributed by atoms with Crippen LogP contribution < -0.4 is 5.56 Å². The van der Waals surface area contributed by atoms with Crippen molar-refractivity contribution in [3.05, 3.63) is 33.2 Å². The van der Waals surface area contributed by atoms with E-state index >= 15 is 0 Å². The van der Waals surface area contributed by atoms with Gasteiger partial charge in [0, 0.05) is 16.7 Å². The molecule has 0 amide bonds. The highest BCUT2D eigenvalue weighted by Gasteiger charge is 2.02. The van der Waals surface area contributed by atoms with Gasteiger partial charge in [0.1, 0.15) is 11.4 Å². The summed E-state index contributed by atoms with van der Waals surface area (Å²) in [7, 11) is 0. The summed E-state index contributed by atoms with van der Waals surface area (Å²) in [6.45, 7) is 0. The predicted molar refractivity (Wildman–Crippen MR) is 51.7 cm³/mol. The summed E-state index contributed by atoms with van der Waals surface area (Å²) in [5.41, 5.74) is 0.0213. The molecule has 2 aromatic heterocycles. The Labute approximate surface area is 81.4 Å². The normalized spacial score (nSPS) is 10.5. The van der Waals surface area contributed by atoms with E-state index in [1.807, 2.05) is 0 Å². The maximum Gasteiger partial charge on any atom is 0.253 e. The van der Waals surface area contributed by atoms with Gasteiger partial charge in [-0.15, -0.1) is 0 Å². The molecule has 0 radical (unpaired) electrons. The van der Waals surface area contributed by atoms with Gasteiger partial charge in [-0.2, -0.15) is 0 Å². The van der Waals surface area contributed by atoms with E-state index in [1.165, 1.54) is 0 Å². The van der Waals surface area contributed by atoms with Crippen LogP contribution in [0.1, 0.15) is 0 Å². The zero-order valence-electron chi connectivity index (χ0n) is 6.41. The number of hydrogen-bond donors (Lipinski definition) is 2. The van der Waals surface area contributed by atoms with E-state index in [0.717, 1.165) is 10.5 Å². The van der Waals surface area contributed by atoms with Gasteiger partial charge in [0.2, 0.25) is 0 Å². The number of aromatic hydroxyl groups is 1. The van der Waals surface area contributed by atoms with Gasteiger partial charge in [0.15, 0.2) is 0 Å². The van der Waals surface area contributed by atoms with Gasteiger partial charge in [-0.1, -0.05) is 0 Å². The van der Waals surface area contributed by atoms with Crippen molar-refractivity contribution in [2.75, 3.05) is 0 Å². The number of halogens is 1. The quantitative estimate of drug-likeness (QED) is 0.732. The van der Waals surface area contributed by atoms with E-state index in [1.54, 1.807) is 12.3 Å². The first-order valence-corrected chi connectivity index (χ1v) is 4.33. The summed E-state index contributed by atoms with van der Waals surface area (Å²) < 4.78 is 0.752. The van der Waals surface area contributed by atoms with Crippen LogP contribution in [0, 0.1) is 0 Å². The van der Waals surface area contributed by atoms with E-state index in [-0.39, 0.29) is 11.3 Å². The Morgan fingerprint density at radius 1 is 1.46 bits per heavy atom. The second-order valence-electron chi connectivity index (χ2n) is 2.57. The highest BCUT2D eigenvalue weighted by molar-refractivity contribution is 9.10. The van der Waals surface area contributed by atoms with Crippen molar-refractivity contribution in [2.45, 2.75) is 0 Å². The first-order chi connectivity index (χ1) is 6.16. The minimum atomic E-state index is -0.361. The van der Waals surface area contributed by atoms with Crippen LogP contribution in [-0.4, -0.2) is 15.1 Å². The van der Waals surface area contributed by atoms with E-state index in [9.17, 15) is 9.90 Å². The van der Waals surface area contributed by atoms with Crippen molar-refractivity contribution in [1.82, 2.24) is 9.97 Å². The standard InChI is InChI=1S/C8H5BrN2O2/c9-4-1-5-6(12)2-7(13)11-8(5)10-3-4/h1-3H,(H2,10,11,12,13). The molecule has 66 valence electrons. The molecule has 0 saturated carbocycles. The lowest BCUT2D eigenvalue weighted by molar-refractivity contribution is 0.480. The zero-order chi connectivity index (χ0) is 9.42. The van der Waals surface area contributed by atoms with Crippen LogP contribution in [-0.2, 0) is 0 Å². The Morgan fingerprint density at radius 3 is 3.00 bits per heavy atom. The Balaban J connectivity index is 2.95. The van der Waals surface area contributed by atoms with Crippen molar-refractivity contribution in [2.24, 2.45) is 0 Å². The van der Waals surface area contributed by atoms with E-state index in [0.29, 0.717) is 11.0 Å². The molecule has 2 rings (SSSR count). The van der Waals surface area contributed by atoms with Crippen molar-refractivity contribution in [1.29, 1.82) is 0 Å². The minimum absolute atomic E-state index is 0.0625. The third-order valence-electron chi connectivity index (χ3n) is 1.64. The second kappa shape index (κ2) is 2.85. The molecule has 0 spiro atoms. The van der Waals surface area contributed by atoms with Gasteiger partial charge < -0.3 is 10.1 Å². The Bertz CT molecular complexity index is 521. The van der Waals surface area contributed by atoms with Crippen LogP contribution in [0.3, 0.4) is 0 Å². The molecule has 2 aromatic rings. The molecule has 0 aromatic carbocycles. The molecule has 13 heavy (non-hydrogen) atoms. The minimum Gasteiger partial charge on any atom is -0.507 e. The molecule has 0 bridgehead atoms. The molecule has 0 fully saturated rings. The monoisotopic (exact) mass is 240 g/mol. The fourth-order valence-electron chi connectivity index (χ4n) is 1.09. The van der Waals surface area contributed by atoms with Gasteiger partial charge in [-0.25, -0.2) is 4.98 Å². The molecule has 5 heteroatoms.